The first kappa shape index (κ1) is 13.0. The lowest BCUT2D eigenvalue weighted by atomic mass is 10.4. The van der Waals surface area contributed by atoms with Gasteiger partial charge >= 0.3 is 5.97 Å². The van der Waals surface area contributed by atoms with E-state index in [2.05, 4.69) is 4.74 Å². The monoisotopic (exact) mass is 244 g/mol. The standard InChI is InChI=1S/C11H13FO3S/c1-14-10(13)9(12)11(15-2)16-8-6-4-3-5-7-8/h3-7,9,11H,1-2H3/t9-,11-/m1/s1. The summed E-state index contributed by atoms with van der Waals surface area (Å²) in [6.45, 7) is 0. The van der Waals surface area contributed by atoms with Gasteiger partial charge in [0.15, 0.2) is 0 Å². The average Bonchev–Trinajstić information content (AvgIpc) is 2.35. The van der Waals surface area contributed by atoms with Gasteiger partial charge in [-0.15, -0.1) is 0 Å². The van der Waals surface area contributed by atoms with Gasteiger partial charge in [-0.2, -0.15) is 0 Å². The minimum Gasteiger partial charge on any atom is -0.467 e. The lowest BCUT2D eigenvalue weighted by Gasteiger charge is -2.17. The smallest absolute Gasteiger partial charge is 0.344 e. The molecule has 0 fully saturated rings. The number of carbonyl (C=O) groups is 1. The number of esters is 1. The van der Waals surface area contributed by atoms with E-state index < -0.39 is 17.6 Å². The number of alkyl halides is 1. The molecule has 0 unspecified atom stereocenters. The van der Waals surface area contributed by atoms with Crippen molar-refractivity contribution in [1.82, 2.24) is 0 Å². The summed E-state index contributed by atoms with van der Waals surface area (Å²) in [4.78, 5) is 11.8. The predicted octanol–water partition coefficient (Wildman–Crippen LogP) is 2.26. The Morgan fingerprint density at radius 3 is 2.44 bits per heavy atom. The minimum absolute atomic E-state index is 0.834. The van der Waals surface area contributed by atoms with E-state index in [9.17, 15) is 9.18 Å². The zero-order valence-corrected chi connectivity index (χ0v) is 9.87. The molecule has 1 aromatic rings. The maximum absolute atomic E-state index is 13.5. The van der Waals surface area contributed by atoms with E-state index in [1.807, 2.05) is 30.3 Å². The molecule has 0 saturated heterocycles. The van der Waals surface area contributed by atoms with E-state index in [1.54, 1.807) is 0 Å². The van der Waals surface area contributed by atoms with Gasteiger partial charge in [-0.1, -0.05) is 30.0 Å². The molecule has 1 aromatic carbocycles. The first-order chi connectivity index (χ1) is 7.69. The highest BCUT2D eigenvalue weighted by molar-refractivity contribution is 7.99. The number of benzene rings is 1. The maximum atomic E-state index is 13.5. The molecule has 0 bridgehead atoms. The molecule has 0 aromatic heterocycles. The van der Waals surface area contributed by atoms with Crippen molar-refractivity contribution in [1.29, 1.82) is 0 Å². The molecule has 0 spiro atoms. The quantitative estimate of drug-likeness (QED) is 0.452. The fraction of sp³-hybridized carbons (Fsp3) is 0.364. The Bertz CT molecular complexity index is 331. The molecule has 0 heterocycles. The molecule has 0 aliphatic carbocycles. The molecule has 0 aliphatic heterocycles. The van der Waals surface area contributed by atoms with E-state index in [4.69, 9.17) is 4.74 Å². The lowest BCUT2D eigenvalue weighted by Crippen LogP contribution is -2.30. The second-order valence-electron chi connectivity index (χ2n) is 2.96. The highest BCUT2D eigenvalue weighted by atomic mass is 32.2. The van der Waals surface area contributed by atoms with E-state index >= 15 is 0 Å². The molecule has 0 radical (unpaired) electrons. The third-order valence-electron chi connectivity index (χ3n) is 1.89. The molecule has 5 heteroatoms. The fourth-order valence-corrected chi connectivity index (χ4v) is 1.99. The number of hydrogen-bond donors (Lipinski definition) is 0. The molecule has 0 amide bonds. The van der Waals surface area contributed by atoms with Crippen molar-refractivity contribution < 1.29 is 18.7 Å². The molecule has 0 aliphatic rings. The summed E-state index contributed by atoms with van der Waals surface area (Å²) in [6, 6.07) is 9.17. The van der Waals surface area contributed by atoms with Gasteiger partial charge in [-0.3, -0.25) is 0 Å². The first-order valence-electron chi connectivity index (χ1n) is 4.65. The Kier molecular flexibility index (Phi) is 5.28. The zero-order chi connectivity index (χ0) is 12.0. The van der Waals surface area contributed by atoms with Crippen LogP contribution < -0.4 is 0 Å². The van der Waals surface area contributed by atoms with Crippen LogP contribution >= 0.6 is 11.8 Å². The minimum atomic E-state index is -1.79. The van der Waals surface area contributed by atoms with Crippen LogP contribution in [-0.2, 0) is 14.3 Å². The Hall–Kier alpha value is -1.07. The van der Waals surface area contributed by atoms with Crippen molar-refractivity contribution in [2.24, 2.45) is 0 Å². The molecule has 16 heavy (non-hydrogen) atoms. The van der Waals surface area contributed by atoms with Crippen LogP contribution in [0.15, 0.2) is 35.2 Å². The largest absolute Gasteiger partial charge is 0.467 e. The number of carbonyl (C=O) groups excluding carboxylic acids is 1. The van der Waals surface area contributed by atoms with Crippen LogP contribution in [0.5, 0.6) is 0 Å². The number of halogens is 1. The van der Waals surface area contributed by atoms with Gasteiger partial charge in [0.25, 0.3) is 0 Å². The van der Waals surface area contributed by atoms with Crippen molar-refractivity contribution in [2.75, 3.05) is 14.2 Å². The van der Waals surface area contributed by atoms with E-state index in [-0.39, 0.29) is 0 Å². The van der Waals surface area contributed by atoms with Gasteiger partial charge in [-0.25, -0.2) is 9.18 Å². The van der Waals surface area contributed by atoms with Crippen LogP contribution in [-0.4, -0.2) is 31.8 Å². The van der Waals surface area contributed by atoms with Gasteiger partial charge in [0.1, 0.15) is 5.44 Å². The van der Waals surface area contributed by atoms with Crippen LogP contribution in [0, 0.1) is 0 Å². The van der Waals surface area contributed by atoms with Gasteiger partial charge in [0, 0.05) is 12.0 Å². The van der Waals surface area contributed by atoms with Crippen molar-refractivity contribution >= 4 is 17.7 Å². The summed E-state index contributed by atoms with van der Waals surface area (Å²) in [5.74, 6) is -0.921. The van der Waals surface area contributed by atoms with E-state index in [1.165, 1.54) is 7.11 Å². The number of methoxy groups -OCH3 is 2. The van der Waals surface area contributed by atoms with Gasteiger partial charge < -0.3 is 9.47 Å². The highest BCUT2D eigenvalue weighted by Gasteiger charge is 2.29. The number of hydrogen-bond acceptors (Lipinski definition) is 4. The lowest BCUT2D eigenvalue weighted by molar-refractivity contribution is -0.149. The molecule has 0 saturated carbocycles. The van der Waals surface area contributed by atoms with E-state index in [0.717, 1.165) is 23.8 Å². The van der Waals surface area contributed by atoms with Crippen molar-refractivity contribution in [2.45, 2.75) is 16.5 Å². The van der Waals surface area contributed by atoms with Crippen LogP contribution in [0.25, 0.3) is 0 Å². The van der Waals surface area contributed by atoms with Crippen LogP contribution in [0.1, 0.15) is 0 Å². The summed E-state index contributed by atoms with van der Waals surface area (Å²) in [5, 5.41) is 0. The zero-order valence-electron chi connectivity index (χ0n) is 9.05. The van der Waals surface area contributed by atoms with Crippen LogP contribution in [0.2, 0.25) is 0 Å². The Balaban J connectivity index is 2.65. The molecule has 88 valence electrons. The van der Waals surface area contributed by atoms with Gasteiger partial charge in [0.05, 0.1) is 7.11 Å². The topological polar surface area (TPSA) is 35.5 Å². The summed E-state index contributed by atoms with van der Waals surface area (Å²) in [6.07, 6.45) is -1.79. The third kappa shape index (κ3) is 3.50. The fourth-order valence-electron chi connectivity index (χ4n) is 1.08. The molecule has 1 rings (SSSR count). The Morgan fingerprint density at radius 1 is 1.31 bits per heavy atom. The number of ether oxygens (including phenoxy) is 2. The summed E-state index contributed by atoms with van der Waals surface area (Å²) >= 11 is 1.14. The second-order valence-corrected chi connectivity index (χ2v) is 4.13. The SMILES string of the molecule is COC(=O)[C@@H](F)[C@H](OC)Sc1ccccc1. The number of thioether (sulfide) groups is 1. The maximum Gasteiger partial charge on any atom is 0.344 e. The van der Waals surface area contributed by atoms with Crippen LogP contribution in [0.3, 0.4) is 0 Å². The molecular formula is C11H13FO3S. The summed E-state index contributed by atoms with van der Waals surface area (Å²) < 4.78 is 22.8. The van der Waals surface area contributed by atoms with Gasteiger partial charge in [0.2, 0.25) is 6.17 Å². The van der Waals surface area contributed by atoms with Crippen molar-refractivity contribution in [3.8, 4) is 0 Å². The van der Waals surface area contributed by atoms with E-state index in [0.29, 0.717) is 0 Å². The second kappa shape index (κ2) is 6.50. The average molecular weight is 244 g/mol. The highest BCUT2D eigenvalue weighted by Crippen LogP contribution is 2.27. The Labute approximate surface area is 97.9 Å². The molecule has 0 N–H and O–H groups in total. The third-order valence-corrected chi connectivity index (χ3v) is 3.10. The Morgan fingerprint density at radius 2 is 1.94 bits per heavy atom. The number of rotatable bonds is 5. The first-order valence-corrected chi connectivity index (χ1v) is 5.53. The molecule has 3 nitrogen and oxygen atoms in total. The molecule has 2 atom stereocenters. The normalized spacial score (nSPS) is 14.2. The predicted molar refractivity (Wildman–Crippen MR) is 60.0 cm³/mol. The van der Waals surface area contributed by atoms with Gasteiger partial charge in [-0.05, 0) is 12.1 Å². The summed E-state index contributed by atoms with van der Waals surface area (Å²) in [7, 11) is 2.50. The van der Waals surface area contributed by atoms with Crippen molar-refractivity contribution in [3.63, 3.8) is 0 Å². The van der Waals surface area contributed by atoms with Crippen molar-refractivity contribution in [3.05, 3.63) is 30.3 Å². The summed E-state index contributed by atoms with van der Waals surface area (Å²) in [5.41, 5.74) is -0.894. The van der Waals surface area contributed by atoms with Crippen LogP contribution in [0.4, 0.5) is 4.39 Å². The molecular weight excluding hydrogens is 231 g/mol.